The molecular formula is C21H23FN2O7S2. The van der Waals surface area contributed by atoms with E-state index < -0.39 is 55.7 Å². The Labute approximate surface area is 191 Å². The molecule has 1 fully saturated rings. The van der Waals surface area contributed by atoms with Gasteiger partial charge in [-0.15, -0.1) is 0 Å². The first-order chi connectivity index (χ1) is 15.6. The summed E-state index contributed by atoms with van der Waals surface area (Å²) < 4.78 is 71.2. The Hall–Kier alpha value is -2.67. The summed E-state index contributed by atoms with van der Waals surface area (Å²) in [5.74, 6) is -2.60. The molecule has 33 heavy (non-hydrogen) atoms. The first-order valence-corrected chi connectivity index (χ1v) is 13.1. The highest BCUT2D eigenvalue weighted by Gasteiger charge is 2.26. The molecule has 0 aromatic heterocycles. The molecule has 1 heterocycles. The maximum atomic E-state index is 13.6. The number of piperidine rings is 1. The van der Waals surface area contributed by atoms with E-state index in [0.29, 0.717) is 13.1 Å². The molecule has 3 rings (SSSR count). The van der Waals surface area contributed by atoms with Crippen molar-refractivity contribution in [1.82, 2.24) is 9.03 Å². The molecule has 0 unspecified atom stereocenters. The second-order valence-corrected chi connectivity index (χ2v) is 11.0. The molecule has 1 aliphatic rings. The van der Waals surface area contributed by atoms with E-state index in [0.717, 1.165) is 31.4 Å². The molecule has 178 valence electrons. The molecule has 0 bridgehead atoms. The number of carbonyl (C=O) groups is 2. The zero-order valence-electron chi connectivity index (χ0n) is 17.6. The number of benzene rings is 2. The van der Waals surface area contributed by atoms with Gasteiger partial charge in [-0.3, -0.25) is 9.59 Å². The number of sulfonamides is 2. The van der Waals surface area contributed by atoms with E-state index in [4.69, 9.17) is 4.74 Å². The topological polar surface area (TPSA) is 127 Å². The normalized spacial score (nSPS) is 15.2. The van der Waals surface area contributed by atoms with Gasteiger partial charge in [-0.05, 0) is 49.2 Å². The lowest BCUT2D eigenvalue weighted by molar-refractivity contribution is -0.141. The van der Waals surface area contributed by atoms with Gasteiger partial charge in [0.05, 0.1) is 4.90 Å². The minimum atomic E-state index is -4.28. The van der Waals surface area contributed by atoms with Gasteiger partial charge < -0.3 is 4.74 Å². The molecule has 9 nitrogen and oxygen atoms in total. The lowest BCUT2D eigenvalue weighted by Crippen LogP contribution is -2.35. The summed E-state index contributed by atoms with van der Waals surface area (Å²) in [5.41, 5.74) is 0.132. The zero-order valence-corrected chi connectivity index (χ0v) is 19.2. The predicted octanol–water partition coefficient (Wildman–Crippen LogP) is 1.70. The van der Waals surface area contributed by atoms with Crippen molar-refractivity contribution in [3.05, 3.63) is 59.9 Å². The fourth-order valence-electron chi connectivity index (χ4n) is 3.24. The van der Waals surface area contributed by atoms with E-state index in [1.54, 1.807) is 0 Å². The monoisotopic (exact) mass is 498 g/mol. The van der Waals surface area contributed by atoms with Crippen molar-refractivity contribution in [2.45, 2.75) is 29.1 Å². The summed E-state index contributed by atoms with van der Waals surface area (Å²) in [5, 5.41) is 0. The van der Waals surface area contributed by atoms with Gasteiger partial charge in [0.1, 0.15) is 17.3 Å². The van der Waals surface area contributed by atoms with E-state index in [9.17, 15) is 30.8 Å². The maximum absolute atomic E-state index is 13.6. The Morgan fingerprint density at radius 3 is 2.21 bits per heavy atom. The predicted molar refractivity (Wildman–Crippen MR) is 116 cm³/mol. The molecule has 0 aliphatic carbocycles. The molecule has 2 aromatic carbocycles. The summed E-state index contributed by atoms with van der Waals surface area (Å²) in [7, 11) is -7.91. The Kier molecular flexibility index (Phi) is 7.95. The first kappa shape index (κ1) is 25.0. The van der Waals surface area contributed by atoms with Gasteiger partial charge in [0.15, 0.2) is 12.4 Å². The van der Waals surface area contributed by atoms with Crippen LogP contribution in [0.1, 0.15) is 29.6 Å². The number of nitrogens with zero attached hydrogens (tertiary/aromatic N) is 1. The van der Waals surface area contributed by atoms with Crippen LogP contribution < -0.4 is 4.72 Å². The number of carbonyl (C=O) groups excluding carboxylic acids is 2. The van der Waals surface area contributed by atoms with E-state index in [-0.39, 0.29) is 10.5 Å². The van der Waals surface area contributed by atoms with Crippen molar-refractivity contribution in [3.8, 4) is 0 Å². The zero-order chi connectivity index (χ0) is 24.1. The summed E-state index contributed by atoms with van der Waals surface area (Å²) >= 11 is 0. The number of ketones is 1. The van der Waals surface area contributed by atoms with Gasteiger partial charge in [-0.25, -0.2) is 21.2 Å². The molecule has 0 spiro atoms. The van der Waals surface area contributed by atoms with Gasteiger partial charge in [0.25, 0.3) is 0 Å². The summed E-state index contributed by atoms with van der Waals surface area (Å²) in [4.78, 5) is 23.5. The molecule has 0 radical (unpaired) electrons. The largest absolute Gasteiger partial charge is 0.456 e. The molecule has 1 saturated heterocycles. The number of hydrogen-bond donors (Lipinski definition) is 1. The van der Waals surface area contributed by atoms with Gasteiger partial charge in [0.2, 0.25) is 20.0 Å². The summed E-state index contributed by atoms with van der Waals surface area (Å²) in [6.45, 7) is -0.547. The third-order valence-corrected chi connectivity index (χ3v) is 8.37. The molecule has 0 atom stereocenters. The molecule has 0 amide bonds. The second kappa shape index (κ2) is 10.5. The smallest absolute Gasteiger partial charge is 0.321 e. The highest BCUT2D eigenvalue weighted by molar-refractivity contribution is 7.89. The van der Waals surface area contributed by atoms with Crippen LogP contribution in [-0.2, 0) is 29.6 Å². The van der Waals surface area contributed by atoms with Crippen LogP contribution in [0.5, 0.6) is 0 Å². The average molecular weight is 499 g/mol. The van der Waals surface area contributed by atoms with Crippen molar-refractivity contribution >= 4 is 31.8 Å². The van der Waals surface area contributed by atoms with E-state index in [2.05, 4.69) is 0 Å². The average Bonchev–Trinajstić information content (AvgIpc) is 2.82. The number of Topliss-reactive ketones (excluding diaryl/α,β-unsaturated/α-hetero) is 1. The standard InChI is InChI=1S/C21H23FN2O7S2/c22-18-6-2-3-7-20(18)32(27,28)23-14-21(26)31-15-19(25)16-8-10-17(11-9-16)33(29,30)24-12-4-1-5-13-24/h2-3,6-11,23H,1,4-5,12-15H2. The molecule has 0 saturated carbocycles. The lowest BCUT2D eigenvalue weighted by Gasteiger charge is -2.25. The molecule has 1 N–H and O–H groups in total. The van der Waals surface area contributed by atoms with Crippen molar-refractivity contribution in [2.24, 2.45) is 0 Å². The van der Waals surface area contributed by atoms with Crippen LogP contribution in [0, 0.1) is 5.82 Å². The quantitative estimate of drug-likeness (QED) is 0.412. The molecular weight excluding hydrogens is 475 g/mol. The van der Waals surface area contributed by atoms with Crippen LogP contribution in [0.3, 0.4) is 0 Å². The number of esters is 1. The highest BCUT2D eigenvalue weighted by Crippen LogP contribution is 2.21. The third kappa shape index (κ3) is 6.22. The van der Waals surface area contributed by atoms with Gasteiger partial charge in [0, 0.05) is 18.7 Å². The van der Waals surface area contributed by atoms with Crippen molar-refractivity contribution in [3.63, 3.8) is 0 Å². The maximum Gasteiger partial charge on any atom is 0.321 e. The van der Waals surface area contributed by atoms with Crippen LogP contribution in [0.4, 0.5) is 4.39 Å². The van der Waals surface area contributed by atoms with Gasteiger partial charge in [-0.2, -0.15) is 9.03 Å². The summed E-state index contributed by atoms with van der Waals surface area (Å²) in [6.07, 6.45) is 2.60. The van der Waals surface area contributed by atoms with E-state index in [1.165, 1.54) is 40.7 Å². The lowest BCUT2D eigenvalue weighted by atomic mass is 10.1. The van der Waals surface area contributed by atoms with Crippen LogP contribution in [0.2, 0.25) is 0 Å². The van der Waals surface area contributed by atoms with Crippen LogP contribution in [0.15, 0.2) is 58.3 Å². The number of rotatable bonds is 9. The van der Waals surface area contributed by atoms with E-state index >= 15 is 0 Å². The minimum absolute atomic E-state index is 0.0699. The Morgan fingerprint density at radius 2 is 1.58 bits per heavy atom. The highest BCUT2D eigenvalue weighted by atomic mass is 32.2. The molecule has 12 heteroatoms. The second-order valence-electron chi connectivity index (χ2n) is 7.33. The fraction of sp³-hybridized carbons (Fsp3) is 0.333. The minimum Gasteiger partial charge on any atom is -0.456 e. The van der Waals surface area contributed by atoms with Gasteiger partial charge >= 0.3 is 5.97 Å². The van der Waals surface area contributed by atoms with Gasteiger partial charge in [-0.1, -0.05) is 18.6 Å². The number of halogens is 1. The third-order valence-electron chi connectivity index (χ3n) is 5.03. The Morgan fingerprint density at radius 1 is 0.939 bits per heavy atom. The number of hydrogen-bond acceptors (Lipinski definition) is 7. The van der Waals surface area contributed by atoms with Crippen molar-refractivity contribution in [1.29, 1.82) is 0 Å². The summed E-state index contributed by atoms with van der Waals surface area (Å²) in [6, 6.07) is 9.96. The number of ether oxygens (including phenoxy) is 1. The number of nitrogens with one attached hydrogen (secondary N) is 1. The molecule has 2 aromatic rings. The van der Waals surface area contributed by atoms with E-state index in [1.807, 2.05) is 4.72 Å². The van der Waals surface area contributed by atoms with Crippen molar-refractivity contribution < 1.29 is 35.6 Å². The van der Waals surface area contributed by atoms with Crippen LogP contribution in [0.25, 0.3) is 0 Å². The first-order valence-electron chi connectivity index (χ1n) is 10.1. The van der Waals surface area contributed by atoms with Crippen LogP contribution in [-0.4, -0.2) is 59.1 Å². The Balaban J connectivity index is 1.53. The fourth-order valence-corrected chi connectivity index (χ4v) is 5.80. The van der Waals surface area contributed by atoms with Crippen LogP contribution >= 0.6 is 0 Å². The SMILES string of the molecule is O=C(CNS(=O)(=O)c1ccccc1F)OCC(=O)c1ccc(S(=O)(=O)N2CCCCC2)cc1. The van der Waals surface area contributed by atoms with Crippen molar-refractivity contribution in [2.75, 3.05) is 26.2 Å². The molecule has 1 aliphatic heterocycles. The Bertz CT molecular complexity index is 1220.